The van der Waals surface area contributed by atoms with Crippen molar-refractivity contribution in [3.63, 3.8) is 0 Å². The number of nitrogens with two attached hydrogens (primary N) is 1. The average molecular weight is 343 g/mol. The first-order chi connectivity index (χ1) is 11.9. The van der Waals surface area contributed by atoms with E-state index in [2.05, 4.69) is 49.3 Å². The van der Waals surface area contributed by atoms with Crippen LogP contribution in [-0.2, 0) is 15.1 Å². The van der Waals surface area contributed by atoms with Gasteiger partial charge in [0.1, 0.15) is 6.42 Å². The summed E-state index contributed by atoms with van der Waals surface area (Å²) in [4.78, 5) is 27.4. The van der Waals surface area contributed by atoms with Crippen molar-refractivity contribution < 1.29 is 9.59 Å². The third kappa shape index (κ3) is 3.43. The zero-order valence-electron chi connectivity index (χ0n) is 15.3. The van der Waals surface area contributed by atoms with E-state index >= 15 is 0 Å². The molecule has 3 rings (SSSR count). The molecule has 1 aliphatic carbocycles. The Hall–Kier alpha value is -1.88. The maximum absolute atomic E-state index is 12.2. The second-order valence-corrected chi connectivity index (χ2v) is 8.00. The van der Waals surface area contributed by atoms with E-state index in [0.717, 1.165) is 45.2 Å². The molecule has 1 aromatic carbocycles. The third-order valence-electron chi connectivity index (χ3n) is 6.42. The number of nitrogens with zero attached hydrogens (tertiary/aromatic N) is 2. The highest BCUT2D eigenvalue weighted by Gasteiger charge is 2.48. The number of primary amides is 1. The molecule has 136 valence electrons. The van der Waals surface area contributed by atoms with Crippen LogP contribution in [0.1, 0.15) is 44.1 Å². The number of carbonyl (C=O) groups excluding carboxylic acids is 2. The fourth-order valence-corrected chi connectivity index (χ4v) is 4.75. The lowest BCUT2D eigenvalue weighted by molar-refractivity contribution is -0.134. The number of amides is 2. The largest absolute Gasteiger partial charge is 0.369 e. The molecule has 0 unspecified atom stereocenters. The van der Waals surface area contributed by atoms with Gasteiger partial charge in [0.25, 0.3) is 0 Å². The minimum absolute atomic E-state index is 0.0805. The molecule has 1 heterocycles. The maximum Gasteiger partial charge on any atom is 0.232 e. The molecule has 1 aliphatic heterocycles. The topological polar surface area (TPSA) is 66.6 Å². The van der Waals surface area contributed by atoms with E-state index in [1.807, 2.05) is 4.90 Å². The van der Waals surface area contributed by atoms with E-state index in [1.54, 1.807) is 0 Å². The quantitative estimate of drug-likeness (QED) is 0.852. The van der Waals surface area contributed by atoms with Gasteiger partial charge >= 0.3 is 0 Å². The van der Waals surface area contributed by atoms with Crippen molar-refractivity contribution in [1.29, 1.82) is 0 Å². The van der Waals surface area contributed by atoms with E-state index in [0.29, 0.717) is 0 Å². The van der Waals surface area contributed by atoms with Crippen molar-refractivity contribution in [1.82, 2.24) is 9.80 Å². The minimum atomic E-state index is -0.537. The van der Waals surface area contributed by atoms with E-state index in [9.17, 15) is 9.59 Å². The summed E-state index contributed by atoms with van der Waals surface area (Å²) < 4.78 is 0. The van der Waals surface area contributed by atoms with E-state index < -0.39 is 5.91 Å². The summed E-state index contributed by atoms with van der Waals surface area (Å²) in [6, 6.07) is 10.8. The van der Waals surface area contributed by atoms with Crippen LogP contribution in [0.5, 0.6) is 0 Å². The predicted molar refractivity (Wildman–Crippen MR) is 97.7 cm³/mol. The van der Waals surface area contributed by atoms with Gasteiger partial charge in [0.2, 0.25) is 11.8 Å². The van der Waals surface area contributed by atoms with Crippen LogP contribution in [0.2, 0.25) is 0 Å². The summed E-state index contributed by atoms with van der Waals surface area (Å²) in [5.74, 6) is -0.651. The first kappa shape index (κ1) is 17.9. The normalized spacial score (nSPS) is 29.3. The summed E-state index contributed by atoms with van der Waals surface area (Å²) >= 11 is 0. The van der Waals surface area contributed by atoms with Gasteiger partial charge in [0, 0.05) is 18.6 Å². The van der Waals surface area contributed by atoms with Gasteiger partial charge in [-0.3, -0.25) is 14.5 Å². The highest BCUT2D eigenvalue weighted by atomic mass is 16.2. The summed E-state index contributed by atoms with van der Waals surface area (Å²) in [6.07, 6.45) is 5.29. The molecule has 1 aromatic rings. The van der Waals surface area contributed by atoms with E-state index in [1.165, 1.54) is 5.56 Å². The van der Waals surface area contributed by atoms with Crippen molar-refractivity contribution in [3.8, 4) is 0 Å². The van der Waals surface area contributed by atoms with Crippen molar-refractivity contribution >= 4 is 11.8 Å². The molecule has 1 spiro atoms. The lowest BCUT2D eigenvalue weighted by atomic mass is 9.64. The van der Waals surface area contributed by atoms with Crippen molar-refractivity contribution in [3.05, 3.63) is 35.9 Å². The number of benzene rings is 1. The monoisotopic (exact) mass is 343 g/mol. The Balaban J connectivity index is 1.71. The molecule has 0 aromatic heterocycles. The maximum atomic E-state index is 12.2. The highest BCUT2D eigenvalue weighted by Crippen LogP contribution is 2.51. The molecule has 2 aliphatic rings. The predicted octanol–water partition coefficient (Wildman–Crippen LogP) is 2.11. The van der Waals surface area contributed by atoms with Crippen molar-refractivity contribution in [2.45, 2.75) is 44.1 Å². The molecule has 1 saturated carbocycles. The van der Waals surface area contributed by atoms with Gasteiger partial charge < -0.3 is 10.6 Å². The molecular formula is C20H29N3O2. The van der Waals surface area contributed by atoms with Crippen LogP contribution in [0.4, 0.5) is 0 Å². The Labute approximate surface area is 150 Å². The number of likely N-dealkylation sites (tertiary alicyclic amines) is 1. The van der Waals surface area contributed by atoms with Crippen LogP contribution < -0.4 is 5.73 Å². The zero-order chi connectivity index (χ0) is 18.1. The molecule has 1 saturated heterocycles. The number of carbonyl (C=O) groups is 2. The van der Waals surface area contributed by atoms with Gasteiger partial charge in [0.05, 0.1) is 0 Å². The van der Waals surface area contributed by atoms with Crippen LogP contribution in [0.25, 0.3) is 0 Å². The molecule has 0 radical (unpaired) electrons. The molecule has 5 nitrogen and oxygen atoms in total. The second-order valence-electron chi connectivity index (χ2n) is 8.00. The van der Waals surface area contributed by atoms with E-state index in [-0.39, 0.29) is 23.3 Å². The van der Waals surface area contributed by atoms with Crippen LogP contribution in [-0.4, -0.2) is 48.8 Å². The van der Waals surface area contributed by atoms with Crippen molar-refractivity contribution in [2.75, 3.05) is 27.2 Å². The lowest BCUT2D eigenvalue weighted by Crippen LogP contribution is -2.47. The van der Waals surface area contributed by atoms with Gasteiger partial charge in [-0.25, -0.2) is 0 Å². The molecule has 2 fully saturated rings. The highest BCUT2D eigenvalue weighted by molar-refractivity contribution is 5.96. The Morgan fingerprint density at radius 2 is 1.72 bits per heavy atom. The summed E-state index contributed by atoms with van der Waals surface area (Å²) in [7, 11) is 4.34. The molecule has 0 atom stereocenters. The Morgan fingerprint density at radius 1 is 1.08 bits per heavy atom. The first-order valence-electron chi connectivity index (χ1n) is 9.16. The lowest BCUT2D eigenvalue weighted by Gasteiger charge is -2.49. The first-order valence-corrected chi connectivity index (χ1v) is 9.16. The third-order valence-corrected chi connectivity index (χ3v) is 6.42. The number of hydrogen-bond acceptors (Lipinski definition) is 3. The summed E-state index contributed by atoms with van der Waals surface area (Å²) in [5, 5.41) is 0. The molecule has 5 heteroatoms. The number of hydrogen-bond donors (Lipinski definition) is 1. The summed E-state index contributed by atoms with van der Waals surface area (Å²) in [6.45, 7) is 1.53. The minimum Gasteiger partial charge on any atom is -0.369 e. The summed E-state index contributed by atoms with van der Waals surface area (Å²) in [5.41, 5.74) is 6.85. The van der Waals surface area contributed by atoms with Crippen LogP contribution in [0, 0.1) is 5.41 Å². The van der Waals surface area contributed by atoms with Gasteiger partial charge in [-0.05, 0) is 57.2 Å². The molecule has 2 amide bonds. The van der Waals surface area contributed by atoms with Gasteiger partial charge in [-0.2, -0.15) is 0 Å². The Kier molecular flexibility index (Phi) is 4.87. The van der Waals surface area contributed by atoms with Gasteiger partial charge in [0.15, 0.2) is 0 Å². The zero-order valence-corrected chi connectivity index (χ0v) is 15.3. The molecule has 0 bridgehead atoms. The fraction of sp³-hybridized carbons (Fsp3) is 0.600. The van der Waals surface area contributed by atoms with Crippen molar-refractivity contribution in [2.24, 2.45) is 11.1 Å². The van der Waals surface area contributed by atoms with Crippen LogP contribution >= 0.6 is 0 Å². The standard InChI is InChI=1S/C20H29N3O2/c1-22(2)20(16-6-4-3-5-7-16)10-8-19(9-11-20)12-13-23(15-19)18(25)14-17(21)24/h3-7H,8-15H2,1-2H3,(H2,21,24). The van der Waals surface area contributed by atoms with Crippen LogP contribution in [0.15, 0.2) is 30.3 Å². The fourth-order valence-electron chi connectivity index (χ4n) is 4.75. The SMILES string of the molecule is CN(C)C1(c2ccccc2)CCC2(CCN(C(=O)CC(N)=O)C2)CC1. The van der Waals surface area contributed by atoms with E-state index in [4.69, 9.17) is 5.73 Å². The van der Waals surface area contributed by atoms with Gasteiger partial charge in [-0.15, -0.1) is 0 Å². The molecule has 2 N–H and O–H groups in total. The Bertz CT molecular complexity index is 634. The molecule has 25 heavy (non-hydrogen) atoms. The second kappa shape index (κ2) is 6.79. The average Bonchev–Trinajstić information content (AvgIpc) is 3.00. The smallest absolute Gasteiger partial charge is 0.232 e. The van der Waals surface area contributed by atoms with Gasteiger partial charge in [-0.1, -0.05) is 30.3 Å². The van der Waals surface area contributed by atoms with Crippen LogP contribution in [0.3, 0.4) is 0 Å². The molecular weight excluding hydrogens is 314 g/mol. The number of rotatable bonds is 4. The Morgan fingerprint density at radius 3 is 2.28 bits per heavy atom.